The van der Waals surface area contributed by atoms with Crippen molar-refractivity contribution < 1.29 is 13.2 Å². The van der Waals surface area contributed by atoms with Gasteiger partial charge in [-0.15, -0.1) is 0 Å². The topological polar surface area (TPSA) is 40.7 Å². The summed E-state index contributed by atoms with van der Waals surface area (Å²) in [6, 6.07) is 11.9. The van der Waals surface area contributed by atoms with Crippen molar-refractivity contribution in [3.63, 3.8) is 0 Å². The highest BCUT2D eigenvalue weighted by molar-refractivity contribution is 6.36. The first-order valence-electron chi connectivity index (χ1n) is 7.80. The van der Waals surface area contributed by atoms with Crippen LogP contribution in [-0.4, -0.2) is 22.9 Å². The summed E-state index contributed by atoms with van der Waals surface area (Å²) in [5.74, 6) is 0. The third-order valence-electron chi connectivity index (χ3n) is 3.79. The molecule has 0 bridgehead atoms. The van der Waals surface area contributed by atoms with Gasteiger partial charge in [0.1, 0.15) is 5.69 Å². The van der Waals surface area contributed by atoms with Gasteiger partial charge in [-0.05, 0) is 35.9 Å². The Hall–Kier alpha value is -1.73. The van der Waals surface area contributed by atoms with Crippen LogP contribution in [0.2, 0.25) is 15.1 Å². The summed E-state index contributed by atoms with van der Waals surface area (Å²) in [4.78, 5) is 0. The predicted octanol–water partition coefficient (Wildman–Crippen LogP) is 6.36. The molecule has 3 nitrogen and oxygen atoms in total. The molecule has 0 unspecified atom stereocenters. The van der Waals surface area contributed by atoms with Crippen LogP contribution in [0.4, 0.5) is 13.2 Å². The summed E-state index contributed by atoms with van der Waals surface area (Å²) in [6.07, 6.45) is -4.30. The second kappa shape index (κ2) is 8.10. The van der Waals surface area contributed by atoms with Crippen LogP contribution in [-0.2, 0) is 6.54 Å². The molecule has 1 aromatic heterocycles. The van der Waals surface area contributed by atoms with Crippen molar-refractivity contribution in [1.29, 1.82) is 0 Å². The van der Waals surface area contributed by atoms with Crippen LogP contribution < -0.4 is 5.32 Å². The molecular formula is C18H13Cl3F3N3. The first-order chi connectivity index (χ1) is 12.7. The molecule has 0 amide bonds. The van der Waals surface area contributed by atoms with Crippen molar-refractivity contribution in [3.05, 3.63) is 63.2 Å². The van der Waals surface area contributed by atoms with E-state index >= 15 is 0 Å². The zero-order valence-corrected chi connectivity index (χ0v) is 15.9. The number of aromatic amines is 1. The van der Waals surface area contributed by atoms with Crippen LogP contribution in [0, 0.1) is 0 Å². The van der Waals surface area contributed by atoms with E-state index in [1.807, 2.05) is 0 Å². The van der Waals surface area contributed by atoms with Crippen LogP contribution in [0.5, 0.6) is 0 Å². The molecule has 0 fully saturated rings. The van der Waals surface area contributed by atoms with E-state index in [-0.39, 0.29) is 6.54 Å². The standard InChI is InChI=1S/C18H13Cl3F3N3/c19-11-3-1-10(2-4-11)16-15(8-25-9-18(22,23)24)26-27-17(16)13-6-5-12(20)7-14(13)21/h1-7,25H,8-9H2,(H,26,27). The molecule has 0 saturated heterocycles. The Kier molecular flexibility index (Phi) is 6.01. The Labute approximate surface area is 168 Å². The van der Waals surface area contributed by atoms with E-state index in [1.165, 1.54) is 0 Å². The summed E-state index contributed by atoms with van der Waals surface area (Å²) >= 11 is 18.2. The van der Waals surface area contributed by atoms with E-state index in [0.717, 1.165) is 5.56 Å². The highest BCUT2D eigenvalue weighted by atomic mass is 35.5. The molecule has 142 valence electrons. The largest absolute Gasteiger partial charge is 0.401 e. The summed E-state index contributed by atoms with van der Waals surface area (Å²) in [6.45, 7) is -1.15. The molecular weight excluding hydrogens is 422 g/mol. The number of aromatic nitrogens is 2. The van der Waals surface area contributed by atoms with Gasteiger partial charge in [-0.2, -0.15) is 18.3 Å². The average molecular weight is 435 g/mol. The molecule has 0 aliphatic rings. The molecule has 0 aliphatic carbocycles. The van der Waals surface area contributed by atoms with E-state index in [9.17, 15) is 13.2 Å². The maximum absolute atomic E-state index is 12.5. The molecule has 1 heterocycles. The number of nitrogens with zero attached hydrogens (tertiary/aromatic N) is 1. The SMILES string of the molecule is FC(F)(F)CNCc1[nH]nc(-c2ccc(Cl)cc2Cl)c1-c1ccc(Cl)cc1. The van der Waals surface area contributed by atoms with Crippen LogP contribution in [0.25, 0.3) is 22.4 Å². The van der Waals surface area contributed by atoms with Crippen LogP contribution in [0.15, 0.2) is 42.5 Å². The van der Waals surface area contributed by atoms with Gasteiger partial charge in [0.2, 0.25) is 0 Å². The van der Waals surface area contributed by atoms with Gasteiger partial charge in [0.05, 0.1) is 17.3 Å². The monoisotopic (exact) mass is 433 g/mol. The highest BCUT2D eigenvalue weighted by Gasteiger charge is 2.27. The fraction of sp³-hybridized carbons (Fsp3) is 0.167. The van der Waals surface area contributed by atoms with E-state index < -0.39 is 12.7 Å². The zero-order valence-electron chi connectivity index (χ0n) is 13.7. The highest BCUT2D eigenvalue weighted by Crippen LogP contribution is 2.38. The minimum absolute atomic E-state index is 0.0460. The molecule has 0 radical (unpaired) electrons. The lowest BCUT2D eigenvalue weighted by atomic mass is 9.99. The number of benzene rings is 2. The first-order valence-corrected chi connectivity index (χ1v) is 8.94. The predicted molar refractivity (Wildman–Crippen MR) is 102 cm³/mol. The molecule has 3 rings (SSSR count). The van der Waals surface area contributed by atoms with Gasteiger partial charge in [0, 0.05) is 27.7 Å². The van der Waals surface area contributed by atoms with Crippen molar-refractivity contribution in [1.82, 2.24) is 15.5 Å². The Morgan fingerprint density at radius 3 is 2.26 bits per heavy atom. The van der Waals surface area contributed by atoms with Crippen LogP contribution in [0.1, 0.15) is 5.69 Å². The number of hydrogen-bond acceptors (Lipinski definition) is 2. The summed E-state index contributed by atoms with van der Waals surface area (Å²) in [7, 11) is 0. The van der Waals surface area contributed by atoms with Gasteiger partial charge in [-0.3, -0.25) is 5.10 Å². The third-order valence-corrected chi connectivity index (χ3v) is 4.59. The van der Waals surface area contributed by atoms with E-state index in [4.69, 9.17) is 34.8 Å². The fourth-order valence-corrected chi connectivity index (χ4v) is 3.26. The normalized spacial score (nSPS) is 11.8. The van der Waals surface area contributed by atoms with Gasteiger partial charge in [-0.1, -0.05) is 46.9 Å². The Morgan fingerprint density at radius 1 is 0.963 bits per heavy atom. The van der Waals surface area contributed by atoms with Crippen LogP contribution in [0.3, 0.4) is 0 Å². The van der Waals surface area contributed by atoms with E-state index in [0.29, 0.717) is 37.6 Å². The molecule has 27 heavy (non-hydrogen) atoms. The molecule has 2 N–H and O–H groups in total. The maximum Gasteiger partial charge on any atom is 0.401 e. The number of alkyl halides is 3. The molecule has 3 aromatic rings. The lowest BCUT2D eigenvalue weighted by Crippen LogP contribution is -2.28. The van der Waals surface area contributed by atoms with Crippen molar-refractivity contribution >= 4 is 34.8 Å². The fourth-order valence-electron chi connectivity index (χ4n) is 2.64. The number of halogens is 6. The van der Waals surface area contributed by atoms with E-state index in [2.05, 4.69) is 15.5 Å². The maximum atomic E-state index is 12.5. The van der Waals surface area contributed by atoms with Crippen molar-refractivity contribution in [2.75, 3.05) is 6.54 Å². The second-order valence-corrected chi connectivity index (χ2v) is 7.06. The number of hydrogen-bond donors (Lipinski definition) is 2. The molecule has 0 aliphatic heterocycles. The smallest absolute Gasteiger partial charge is 0.303 e. The molecule has 2 aromatic carbocycles. The Morgan fingerprint density at radius 2 is 1.63 bits per heavy atom. The minimum atomic E-state index is -4.30. The van der Waals surface area contributed by atoms with Gasteiger partial charge in [0.25, 0.3) is 0 Å². The lowest BCUT2D eigenvalue weighted by molar-refractivity contribution is -0.125. The number of nitrogens with one attached hydrogen (secondary N) is 2. The molecule has 0 atom stereocenters. The number of rotatable bonds is 5. The summed E-state index contributed by atoms with van der Waals surface area (Å²) < 4.78 is 37.4. The van der Waals surface area contributed by atoms with Crippen LogP contribution >= 0.6 is 34.8 Å². The third kappa shape index (κ3) is 4.96. The molecule has 9 heteroatoms. The van der Waals surface area contributed by atoms with Crippen molar-refractivity contribution in [2.24, 2.45) is 0 Å². The number of H-pyrrole nitrogens is 1. The average Bonchev–Trinajstić information content (AvgIpc) is 2.98. The zero-order chi connectivity index (χ0) is 19.6. The summed E-state index contributed by atoms with van der Waals surface area (Å²) in [5.41, 5.74) is 3.03. The van der Waals surface area contributed by atoms with Gasteiger partial charge in [-0.25, -0.2) is 0 Å². The van der Waals surface area contributed by atoms with E-state index in [1.54, 1.807) is 42.5 Å². The van der Waals surface area contributed by atoms with Crippen molar-refractivity contribution in [3.8, 4) is 22.4 Å². The Balaban J connectivity index is 2.04. The quantitative estimate of drug-likeness (QED) is 0.491. The van der Waals surface area contributed by atoms with Crippen molar-refractivity contribution in [2.45, 2.75) is 12.7 Å². The Bertz CT molecular complexity index is 937. The molecule has 0 spiro atoms. The summed E-state index contributed by atoms with van der Waals surface area (Å²) in [5, 5.41) is 10.9. The van der Waals surface area contributed by atoms with Gasteiger partial charge >= 0.3 is 6.18 Å². The molecule has 0 saturated carbocycles. The van der Waals surface area contributed by atoms with Gasteiger partial charge in [0.15, 0.2) is 0 Å². The van der Waals surface area contributed by atoms with Gasteiger partial charge < -0.3 is 5.32 Å². The second-order valence-electron chi connectivity index (χ2n) is 5.78. The minimum Gasteiger partial charge on any atom is -0.303 e. The first kappa shape index (κ1) is 20.0. The lowest BCUT2D eigenvalue weighted by Gasteiger charge is -2.10.